The maximum absolute atomic E-state index is 14.3. The first-order valence-electron chi connectivity index (χ1n) is 9.78. The van der Waals surface area contributed by atoms with Gasteiger partial charge in [0.05, 0.1) is 31.0 Å². The van der Waals surface area contributed by atoms with Crippen LogP contribution < -0.4 is 10.1 Å². The Balaban J connectivity index is 1.61. The maximum atomic E-state index is 14.3. The number of sulfonamides is 1. The van der Waals surface area contributed by atoms with Gasteiger partial charge < -0.3 is 14.8 Å². The molecular weight excluding hydrogens is 477 g/mol. The first kappa shape index (κ1) is 24.9. The lowest BCUT2D eigenvalue weighted by molar-refractivity contribution is -0.385. The van der Waals surface area contributed by atoms with Crippen LogP contribution in [0.1, 0.15) is 5.56 Å². The van der Waals surface area contributed by atoms with E-state index in [2.05, 4.69) is 5.32 Å². The molecule has 0 aliphatic carbocycles. The van der Waals surface area contributed by atoms with Crippen molar-refractivity contribution in [3.63, 3.8) is 0 Å². The van der Waals surface area contributed by atoms with E-state index in [1.54, 1.807) is 6.07 Å². The van der Waals surface area contributed by atoms with Crippen molar-refractivity contribution in [3.8, 4) is 5.75 Å². The molecule has 0 unspecified atom stereocenters. The third kappa shape index (κ3) is 6.19. The molecule has 1 aliphatic heterocycles. The van der Waals surface area contributed by atoms with Crippen LogP contribution in [-0.4, -0.2) is 62.7 Å². The molecular formula is C20H22FN3O7S2. The second kappa shape index (κ2) is 10.9. The third-order valence-corrected chi connectivity index (χ3v) is 7.66. The number of carbonyl (C=O) groups is 1. The number of nitrogens with one attached hydrogen (secondary N) is 1. The zero-order chi connectivity index (χ0) is 24.0. The number of methoxy groups -OCH3 is 1. The molecule has 2 aromatic rings. The van der Waals surface area contributed by atoms with E-state index in [-0.39, 0.29) is 49.2 Å². The lowest BCUT2D eigenvalue weighted by atomic mass is 10.2. The molecule has 1 heterocycles. The number of morpholine rings is 1. The second-order valence-corrected chi connectivity index (χ2v) is 9.86. The molecule has 1 fully saturated rings. The summed E-state index contributed by atoms with van der Waals surface area (Å²) in [5, 5.41) is 13.7. The second-order valence-electron chi connectivity index (χ2n) is 6.97. The van der Waals surface area contributed by atoms with Gasteiger partial charge >= 0.3 is 5.69 Å². The van der Waals surface area contributed by atoms with Gasteiger partial charge in [0.15, 0.2) is 5.75 Å². The smallest absolute Gasteiger partial charge is 0.311 e. The summed E-state index contributed by atoms with van der Waals surface area (Å²) in [5.41, 5.74) is 0.621. The average molecular weight is 500 g/mol. The predicted octanol–water partition coefficient (Wildman–Crippen LogP) is 2.64. The van der Waals surface area contributed by atoms with Crippen LogP contribution in [0.25, 0.3) is 0 Å². The van der Waals surface area contributed by atoms with Crippen molar-refractivity contribution in [2.45, 2.75) is 10.6 Å². The van der Waals surface area contributed by atoms with Gasteiger partial charge in [-0.2, -0.15) is 4.31 Å². The Kier molecular flexibility index (Phi) is 8.24. The van der Waals surface area contributed by atoms with E-state index >= 15 is 0 Å². The van der Waals surface area contributed by atoms with Crippen molar-refractivity contribution in [2.75, 3.05) is 44.5 Å². The van der Waals surface area contributed by atoms with E-state index in [4.69, 9.17) is 9.47 Å². The standard InChI is InChI=1S/C20H22FN3O7S2/c1-30-18-5-2-14(10-17(18)24(26)27)12-32-13-20(25)22-15-3-4-16(21)19(11-15)33(28,29)23-6-8-31-9-7-23/h2-5,10-11H,6-9,12-13H2,1H3,(H,22,25). The quantitative estimate of drug-likeness (QED) is 0.412. The van der Waals surface area contributed by atoms with Crippen LogP contribution in [0.3, 0.4) is 0 Å². The first-order valence-corrected chi connectivity index (χ1v) is 12.4. The number of benzene rings is 2. The lowest BCUT2D eigenvalue weighted by Crippen LogP contribution is -2.40. The molecule has 1 aliphatic rings. The summed E-state index contributed by atoms with van der Waals surface area (Å²) in [7, 11) is -2.72. The average Bonchev–Trinajstić information content (AvgIpc) is 2.80. The number of hydrogen-bond donors (Lipinski definition) is 1. The Labute approximate surface area is 194 Å². The number of halogens is 1. The van der Waals surface area contributed by atoms with E-state index in [0.717, 1.165) is 16.4 Å². The number of carbonyl (C=O) groups excluding carboxylic acids is 1. The highest BCUT2D eigenvalue weighted by Crippen LogP contribution is 2.29. The number of nitrogens with zero attached hydrogens (tertiary/aromatic N) is 2. The zero-order valence-corrected chi connectivity index (χ0v) is 19.3. The molecule has 1 amide bonds. The normalized spacial score (nSPS) is 14.6. The van der Waals surface area contributed by atoms with Gasteiger partial charge in [0, 0.05) is 30.6 Å². The number of thioether (sulfide) groups is 1. The molecule has 10 nitrogen and oxygen atoms in total. The molecule has 1 saturated heterocycles. The van der Waals surface area contributed by atoms with Gasteiger partial charge in [-0.3, -0.25) is 14.9 Å². The van der Waals surface area contributed by atoms with Crippen LogP contribution in [-0.2, 0) is 25.3 Å². The molecule has 0 saturated carbocycles. The fraction of sp³-hybridized carbons (Fsp3) is 0.350. The predicted molar refractivity (Wildman–Crippen MR) is 120 cm³/mol. The molecule has 33 heavy (non-hydrogen) atoms. The highest BCUT2D eigenvalue weighted by molar-refractivity contribution is 7.99. The van der Waals surface area contributed by atoms with Gasteiger partial charge in [0.25, 0.3) is 0 Å². The number of hydrogen-bond acceptors (Lipinski definition) is 8. The van der Waals surface area contributed by atoms with Crippen molar-refractivity contribution in [3.05, 3.63) is 57.9 Å². The summed E-state index contributed by atoms with van der Waals surface area (Å²) in [5.74, 6) is -0.855. The van der Waals surface area contributed by atoms with Crippen molar-refractivity contribution < 1.29 is 32.0 Å². The molecule has 0 atom stereocenters. The minimum absolute atomic E-state index is 0.00273. The van der Waals surface area contributed by atoms with Crippen LogP contribution in [0.4, 0.5) is 15.8 Å². The van der Waals surface area contributed by atoms with Crippen molar-refractivity contribution in [1.82, 2.24) is 4.31 Å². The van der Waals surface area contributed by atoms with Crippen LogP contribution >= 0.6 is 11.8 Å². The zero-order valence-electron chi connectivity index (χ0n) is 17.7. The minimum atomic E-state index is -4.06. The minimum Gasteiger partial charge on any atom is -0.490 e. The molecule has 0 radical (unpaired) electrons. The fourth-order valence-electron chi connectivity index (χ4n) is 3.13. The Morgan fingerprint density at radius 1 is 1.27 bits per heavy atom. The van der Waals surface area contributed by atoms with Gasteiger partial charge in [-0.1, -0.05) is 6.07 Å². The molecule has 0 bridgehead atoms. The van der Waals surface area contributed by atoms with Crippen LogP contribution in [0.15, 0.2) is 41.3 Å². The number of ether oxygens (including phenoxy) is 2. The Morgan fingerprint density at radius 2 is 2.00 bits per heavy atom. The van der Waals surface area contributed by atoms with Gasteiger partial charge in [-0.25, -0.2) is 12.8 Å². The SMILES string of the molecule is COc1ccc(CSCC(=O)Nc2ccc(F)c(S(=O)(=O)N3CCOCC3)c2)cc1[N+](=O)[O-]. The van der Waals surface area contributed by atoms with Gasteiger partial charge in [0.1, 0.15) is 10.7 Å². The summed E-state index contributed by atoms with van der Waals surface area (Å²) in [4.78, 5) is 22.4. The van der Waals surface area contributed by atoms with Crippen molar-refractivity contribution in [2.24, 2.45) is 0 Å². The molecule has 1 N–H and O–H groups in total. The Morgan fingerprint density at radius 3 is 2.67 bits per heavy atom. The van der Waals surface area contributed by atoms with E-state index < -0.39 is 31.6 Å². The van der Waals surface area contributed by atoms with E-state index in [0.29, 0.717) is 11.3 Å². The molecule has 178 valence electrons. The largest absolute Gasteiger partial charge is 0.490 e. The van der Waals surface area contributed by atoms with Crippen LogP contribution in [0, 0.1) is 15.9 Å². The van der Waals surface area contributed by atoms with Gasteiger partial charge in [0.2, 0.25) is 15.9 Å². The fourth-order valence-corrected chi connectivity index (χ4v) is 5.40. The third-order valence-electron chi connectivity index (χ3n) is 4.74. The van der Waals surface area contributed by atoms with E-state index in [1.807, 2.05) is 0 Å². The topological polar surface area (TPSA) is 128 Å². The first-order chi connectivity index (χ1) is 15.7. The van der Waals surface area contributed by atoms with Crippen LogP contribution in [0.5, 0.6) is 5.75 Å². The summed E-state index contributed by atoms with van der Waals surface area (Å²) in [6.07, 6.45) is 0. The van der Waals surface area contributed by atoms with Crippen molar-refractivity contribution >= 4 is 39.1 Å². The number of anilines is 1. The molecule has 2 aromatic carbocycles. The molecule has 0 spiro atoms. The van der Waals surface area contributed by atoms with E-state index in [1.165, 1.54) is 37.1 Å². The summed E-state index contributed by atoms with van der Waals surface area (Å²) < 4.78 is 51.0. The van der Waals surface area contributed by atoms with Crippen LogP contribution in [0.2, 0.25) is 0 Å². The molecule has 13 heteroatoms. The van der Waals surface area contributed by atoms with E-state index in [9.17, 15) is 27.7 Å². The maximum Gasteiger partial charge on any atom is 0.311 e. The lowest BCUT2D eigenvalue weighted by Gasteiger charge is -2.26. The summed E-state index contributed by atoms with van der Waals surface area (Å²) >= 11 is 1.21. The summed E-state index contributed by atoms with van der Waals surface area (Å²) in [6.45, 7) is 0.703. The number of rotatable bonds is 9. The van der Waals surface area contributed by atoms with Gasteiger partial charge in [-0.15, -0.1) is 11.8 Å². The van der Waals surface area contributed by atoms with Crippen molar-refractivity contribution in [1.29, 1.82) is 0 Å². The Hall–Kier alpha value is -2.74. The molecule has 3 rings (SSSR count). The highest BCUT2D eigenvalue weighted by atomic mass is 32.2. The summed E-state index contributed by atoms with van der Waals surface area (Å²) in [6, 6.07) is 7.90. The number of nitro groups is 1. The molecule has 0 aromatic heterocycles. The monoisotopic (exact) mass is 499 g/mol. The number of nitro benzene ring substituents is 1. The number of amides is 1. The Bertz CT molecular complexity index is 1140. The van der Waals surface area contributed by atoms with Gasteiger partial charge in [-0.05, 0) is 29.8 Å². The highest BCUT2D eigenvalue weighted by Gasteiger charge is 2.29.